The van der Waals surface area contributed by atoms with E-state index < -0.39 is 0 Å². The van der Waals surface area contributed by atoms with Crippen molar-refractivity contribution in [2.24, 2.45) is 5.92 Å². The molecule has 0 unspecified atom stereocenters. The Bertz CT molecular complexity index is 205. The molecule has 1 amide bonds. The van der Waals surface area contributed by atoms with E-state index in [4.69, 9.17) is 4.74 Å². The lowest BCUT2D eigenvalue weighted by Crippen LogP contribution is -2.26. The highest BCUT2D eigenvalue weighted by Crippen LogP contribution is 2.06. The SMILES string of the molecule is CCC(=O)N(C)CCCCOCCCCC(C)C. The van der Waals surface area contributed by atoms with Gasteiger partial charge in [-0.05, 0) is 25.2 Å². The molecule has 0 aromatic heterocycles. The maximum Gasteiger partial charge on any atom is 0.222 e. The van der Waals surface area contributed by atoms with E-state index in [0.29, 0.717) is 6.42 Å². The molecule has 0 aliphatic rings. The van der Waals surface area contributed by atoms with Crippen LogP contribution in [0.3, 0.4) is 0 Å². The number of hydrogen-bond donors (Lipinski definition) is 0. The van der Waals surface area contributed by atoms with Gasteiger partial charge in [0.05, 0.1) is 0 Å². The van der Waals surface area contributed by atoms with Crippen molar-refractivity contribution in [3.63, 3.8) is 0 Å². The molecule has 0 aliphatic carbocycles. The first kappa shape index (κ1) is 17.4. The Labute approximate surface area is 113 Å². The summed E-state index contributed by atoms with van der Waals surface area (Å²) in [4.78, 5) is 13.1. The van der Waals surface area contributed by atoms with Crippen molar-refractivity contribution in [3.05, 3.63) is 0 Å². The fourth-order valence-electron chi connectivity index (χ4n) is 1.81. The van der Waals surface area contributed by atoms with E-state index in [9.17, 15) is 4.79 Å². The third kappa shape index (κ3) is 10.6. The summed E-state index contributed by atoms with van der Waals surface area (Å²) in [6.45, 7) is 8.98. The zero-order chi connectivity index (χ0) is 13.8. The Morgan fingerprint density at radius 1 is 1.11 bits per heavy atom. The number of nitrogens with zero attached hydrogens (tertiary/aromatic N) is 1. The number of carbonyl (C=O) groups is 1. The summed E-state index contributed by atoms with van der Waals surface area (Å²) < 4.78 is 5.58. The maximum atomic E-state index is 11.3. The molecule has 0 radical (unpaired) electrons. The van der Waals surface area contributed by atoms with Crippen LogP contribution in [0.2, 0.25) is 0 Å². The fourth-order valence-corrected chi connectivity index (χ4v) is 1.81. The van der Waals surface area contributed by atoms with Crippen LogP contribution in [-0.4, -0.2) is 37.6 Å². The van der Waals surface area contributed by atoms with E-state index >= 15 is 0 Å². The van der Waals surface area contributed by atoms with Gasteiger partial charge in [0.2, 0.25) is 5.91 Å². The van der Waals surface area contributed by atoms with Crippen LogP contribution < -0.4 is 0 Å². The van der Waals surface area contributed by atoms with Crippen molar-refractivity contribution >= 4 is 5.91 Å². The topological polar surface area (TPSA) is 29.5 Å². The third-order valence-electron chi connectivity index (χ3n) is 3.08. The molecule has 0 saturated heterocycles. The first-order valence-corrected chi connectivity index (χ1v) is 7.39. The summed E-state index contributed by atoms with van der Waals surface area (Å²) in [5.41, 5.74) is 0. The van der Waals surface area contributed by atoms with Gasteiger partial charge in [0.15, 0.2) is 0 Å². The molecule has 0 aromatic rings. The Balaban J connectivity index is 3.19. The zero-order valence-corrected chi connectivity index (χ0v) is 12.7. The lowest BCUT2D eigenvalue weighted by Gasteiger charge is -2.15. The van der Waals surface area contributed by atoms with Crippen molar-refractivity contribution in [2.75, 3.05) is 26.8 Å². The Morgan fingerprint density at radius 3 is 2.28 bits per heavy atom. The molecule has 0 N–H and O–H groups in total. The van der Waals surface area contributed by atoms with Crippen molar-refractivity contribution < 1.29 is 9.53 Å². The van der Waals surface area contributed by atoms with Crippen LogP contribution in [0.1, 0.15) is 59.3 Å². The van der Waals surface area contributed by atoms with Crippen LogP contribution >= 0.6 is 0 Å². The van der Waals surface area contributed by atoms with E-state index in [0.717, 1.165) is 38.5 Å². The molecule has 108 valence electrons. The molecule has 0 saturated carbocycles. The van der Waals surface area contributed by atoms with Gasteiger partial charge in [0.25, 0.3) is 0 Å². The number of carbonyl (C=O) groups excluding carboxylic acids is 1. The lowest BCUT2D eigenvalue weighted by molar-refractivity contribution is -0.129. The van der Waals surface area contributed by atoms with Gasteiger partial charge in [-0.2, -0.15) is 0 Å². The summed E-state index contributed by atoms with van der Waals surface area (Å²) in [5.74, 6) is 1.03. The maximum absolute atomic E-state index is 11.3. The lowest BCUT2D eigenvalue weighted by atomic mass is 10.1. The van der Waals surface area contributed by atoms with Crippen LogP contribution in [0.4, 0.5) is 0 Å². The Kier molecular flexibility index (Phi) is 11.2. The van der Waals surface area contributed by atoms with Crippen LogP contribution in [0, 0.1) is 5.92 Å². The van der Waals surface area contributed by atoms with Crippen molar-refractivity contribution in [2.45, 2.75) is 59.3 Å². The van der Waals surface area contributed by atoms with Crippen molar-refractivity contribution in [3.8, 4) is 0 Å². The molecule has 0 heterocycles. The molecule has 0 spiro atoms. The van der Waals surface area contributed by atoms with Crippen molar-refractivity contribution in [1.82, 2.24) is 4.90 Å². The second-order valence-electron chi connectivity index (χ2n) is 5.38. The van der Waals surface area contributed by atoms with E-state index in [2.05, 4.69) is 13.8 Å². The average Bonchev–Trinajstić information content (AvgIpc) is 2.35. The first-order chi connectivity index (χ1) is 8.57. The van der Waals surface area contributed by atoms with Crippen LogP contribution in [0.15, 0.2) is 0 Å². The highest BCUT2D eigenvalue weighted by molar-refractivity contribution is 5.75. The highest BCUT2D eigenvalue weighted by Gasteiger charge is 2.04. The van der Waals surface area contributed by atoms with E-state index in [1.807, 2.05) is 18.9 Å². The molecule has 18 heavy (non-hydrogen) atoms. The molecule has 0 fully saturated rings. The van der Waals surface area contributed by atoms with Gasteiger partial charge in [-0.3, -0.25) is 4.79 Å². The molecule has 0 rings (SSSR count). The van der Waals surface area contributed by atoms with Crippen LogP contribution in [0.5, 0.6) is 0 Å². The van der Waals surface area contributed by atoms with E-state index in [1.165, 1.54) is 19.3 Å². The van der Waals surface area contributed by atoms with Gasteiger partial charge in [-0.1, -0.05) is 33.6 Å². The molecular weight excluding hydrogens is 226 g/mol. The quantitative estimate of drug-likeness (QED) is 0.530. The van der Waals surface area contributed by atoms with Crippen LogP contribution in [-0.2, 0) is 9.53 Å². The molecule has 0 aliphatic heterocycles. The standard InChI is InChI=1S/C15H31NO2/c1-5-15(17)16(4)11-7-9-13-18-12-8-6-10-14(2)3/h14H,5-13H2,1-4H3. The second-order valence-corrected chi connectivity index (χ2v) is 5.38. The van der Waals surface area contributed by atoms with Gasteiger partial charge in [-0.15, -0.1) is 0 Å². The Morgan fingerprint density at radius 2 is 1.72 bits per heavy atom. The van der Waals surface area contributed by atoms with Gasteiger partial charge in [0, 0.05) is 33.2 Å². The summed E-state index contributed by atoms with van der Waals surface area (Å²) in [5, 5.41) is 0. The number of hydrogen-bond acceptors (Lipinski definition) is 2. The monoisotopic (exact) mass is 257 g/mol. The Hall–Kier alpha value is -0.570. The molecule has 3 nitrogen and oxygen atoms in total. The number of amides is 1. The summed E-state index contributed by atoms with van der Waals surface area (Å²) >= 11 is 0. The fraction of sp³-hybridized carbons (Fsp3) is 0.933. The predicted molar refractivity (Wildman–Crippen MR) is 76.7 cm³/mol. The normalized spacial score (nSPS) is 10.9. The van der Waals surface area contributed by atoms with Gasteiger partial charge >= 0.3 is 0 Å². The van der Waals surface area contributed by atoms with Crippen LogP contribution in [0.25, 0.3) is 0 Å². The summed E-state index contributed by atoms with van der Waals surface area (Å²) in [6, 6.07) is 0. The summed E-state index contributed by atoms with van der Waals surface area (Å²) in [6.07, 6.45) is 6.42. The minimum absolute atomic E-state index is 0.226. The average molecular weight is 257 g/mol. The highest BCUT2D eigenvalue weighted by atomic mass is 16.5. The van der Waals surface area contributed by atoms with Crippen molar-refractivity contribution in [1.29, 1.82) is 0 Å². The largest absolute Gasteiger partial charge is 0.381 e. The second kappa shape index (κ2) is 11.5. The molecular formula is C15H31NO2. The minimum Gasteiger partial charge on any atom is -0.381 e. The third-order valence-corrected chi connectivity index (χ3v) is 3.08. The first-order valence-electron chi connectivity index (χ1n) is 7.39. The molecule has 3 heteroatoms. The number of unbranched alkanes of at least 4 members (excludes halogenated alkanes) is 2. The molecule has 0 aromatic carbocycles. The van der Waals surface area contributed by atoms with E-state index in [-0.39, 0.29) is 5.91 Å². The smallest absolute Gasteiger partial charge is 0.222 e. The number of ether oxygens (including phenoxy) is 1. The zero-order valence-electron chi connectivity index (χ0n) is 12.7. The minimum atomic E-state index is 0.226. The molecule has 0 bridgehead atoms. The number of rotatable bonds is 11. The molecule has 0 atom stereocenters. The van der Waals surface area contributed by atoms with Gasteiger partial charge in [-0.25, -0.2) is 0 Å². The summed E-state index contributed by atoms with van der Waals surface area (Å²) in [7, 11) is 1.87. The van der Waals surface area contributed by atoms with Gasteiger partial charge in [0.1, 0.15) is 0 Å². The van der Waals surface area contributed by atoms with Gasteiger partial charge < -0.3 is 9.64 Å². The van der Waals surface area contributed by atoms with E-state index in [1.54, 1.807) is 0 Å². The predicted octanol–water partition coefficient (Wildman–Crippen LogP) is 3.48.